The summed E-state index contributed by atoms with van der Waals surface area (Å²) in [7, 11) is 7.65. The normalized spacial score (nSPS) is 12.9. The Bertz CT molecular complexity index is 729. The van der Waals surface area contributed by atoms with Crippen LogP contribution in [0.1, 0.15) is 28.4 Å². The molecule has 2 rings (SSSR count). The maximum absolute atomic E-state index is 5.36. The van der Waals surface area contributed by atoms with E-state index in [1.54, 1.807) is 25.5 Å². The van der Waals surface area contributed by atoms with Crippen molar-refractivity contribution in [2.24, 2.45) is 4.99 Å². The zero-order valence-electron chi connectivity index (χ0n) is 17.0. The van der Waals surface area contributed by atoms with E-state index in [0.717, 1.165) is 42.6 Å². The predicted octanol–water partition coefficient (Wildman–Crippen LogP) is 2.72. The van der Waals surface area contributed by atoms with Crippen molar-refractivity contribution in [1.29, 1.82) is 0 Å². The molecule has 0 amide bonds. The molecule has 0 saturated heterocycles. The fraction of sp³-hybridized carbons (Fsp3) is 0.500. The van der Waals surface area contributed by atoms with Gasteiger partial charge in [-0.1, -0.05) is 19.1 Å². The first-order chi connectivity index (χ1) is 13.1. The molecule has 2 N–H and O–H groups in total. The summed E-state index contributed by atoms with van der Waals surface area (Å²) in [6, 6.07) is 8.41. The zero-order chi connectivity index (χ0) is 19.6. The van der Waals surface area contributed by atoms with Gasteiger partial charge in [0.1, 0.15) is 5.75 Å². The molecule has 1 aromatic carbocycles. The van der Waals surface area contributed by atoms with Crippen molar-refractivity contribution in [2.75, 3.05) is 41.3 Å². The Labute approximate surface area is 166 Å². The van der Waals surface area contributed by atoms with Gasteiger partial charge in [-0.3, -0.25) is 4.99 Å². The topological polar surface area (TPSA) is 61.8 Å². The predicted molar refractivity (Wildman–Crippen MR) is 114 cm³/mol. The number of hydrogen-bond acceptors (Lipinski definition) is 5. The number of guanidine groups is 1. The number of aromatic nitrogens is 1. The average Bonchev–Trinajstić information content (AvgIpc) is 3.14. The Morgan fingerprint density at radius 3 is 2.78 bits per heavy atom. The molecule has 0 aliphatic rings. The summed E-state index contributed by atoms with van der Waals surface area (Å²) in [5.74, 6) is 1.67. The third kappa shape index (κ3) is 6.52. The highest BCUT2D eigenvalue weighted by molar-refractivity contribution is 7.11. The maximum atomic E-state index is 5.36. The van der Waals surface area contributed by atoms with E-state index < -0.39 is 0 Å². The van der Waals surface area contributed by atoms with E-state index in [2.05, 4.69) is 58.7 Å². The second-order valence-corrected chi connectivity index (χ2v) is 7.66. The molecule has 2 aromatic rings. The molecule has 0 fully saturated rings. The van der Waals surface area contributed by atoms with Crippen molar-refractivity contribution >= 4 is 17.3 Å². The number of methoxy groups -OCH3 is 1. The number of nitrogens with zero attached hydrogens (tertiary/aromatic N) is 3. The first-order valence-corrected chi connectivity index (χ1v) is 10.1. The summed E-state index contributed by atoms with van der Waals surface area (Å²) >= 11 is 1.79. The van der Waals surface area contributed by atoms with Crippen LogP contribution >= 0.6 is 11.3 Å². The highest BCUT2D eigenvalue weighted by atomic mass is 32.1. The number of benzene rings is 1. The van der Waals surface area contributed by atoms with Crippen molar-refractivity contribution in [3.8, 4) is 5.75 Å². The number of aliphatic imine (C=N–C) groups is 1. The number of nitrogens with one attached hydrogen (secondary N) is 2. The van der Waals surface area contributed by atoms with Crippen molar-refractivity contribution in [1.82, 2.24) is 20.5 Å². The van der Waals surface area contributed by atoms with Crippen LogP contribution in [0.3, 0.4) is 0 Å². The van der Waals surface area contributed by atoms with E-state index in [0.29, 0.717) is 0 Å². The Balaban J connectivity index is 1.88. The van der Waals surface area contributed by atoms with Gasteiger partial charge >= 0.3 is 0 Å². The lowest BCUT2D eigenvalue weighted by Gasteiger charge is -2.26. The van der Waals surface area contributed by atoms with Crippen LogP contribution in [0.4, 0.5) is 0 Å². The van der Waals surface area contributed by atoms with Crippen LogP contribution in [0.25, 0.3) is 0 Å². The van der Waals surface area contributed by atoms with Gasteiger partial charge < -0.3 is 20.3 Å². The van der Waals surface area contributed by atoms with Gasteiger partial charge in [0.2, 0.25) is 0 Å². The molecule has 1 unspecified atom stereocenters. The van der Waals surface area contributed by atoms with E-state index in [1.165, 1.54) is 10.4 Å². The Morgan fingerprint density at radius 2 is 2.15 bits per heavy atom. The minimum atomic E-state index is 0.213. The molecule has 6 nitrogen and oxygen atoms in total. The summed E-state index contributed by atoms with van der Waals surface area (Å²) in [5, 5.41) is 7.97. The molecule has 1 heterocycles. The molecule has 0 bridgehead atoms. The molecule has 0 aliphatic carbocycles. The Morgan fingerprint density at radius 1 is 1.33 bits per heavy atom. The highest BCUT2D eigenvalue weighted by Gasteiger charge is 2.15. The van der Waals surface area contributed by atoms with E-state index in [9.17, 15) is 0 Å². The van der Waals surface area contributed by atoms with Crippen molar-refractivity contribution in [3.63, 3.8) is 0 Å². The molecule has 0 radical (unpaired) electrons. The summed E-state index contributed by atoms with van der Waals surface area (Å²) < 4.78 is 5.36. The van der Waals surface area contributed by atoms with Crippen LogP contribution in [0, 0.1) is 0 Å². The molecule has 1 atom stereocenters. The standard InChI is InChI=1S/C20H31N5OS/c1-6-17-13-23-19(27-17)10-11-22-20(21-2)24-14-18(25(3)4)15-8-7-9-16(12-15)26-5/h7-9,12-13,18H,6,10-11,14H2,1-5H3,(H2,21,22,24). The van der Waals surface area contributed by atoms with Crippen LogP contribution in [-0.4, -0.2) is 57.2 Å². The van der Waals surface area contributed by atoms with Gasteiger partial charge in [0, 0.05) is 37.6 Å². The third-order valence-electron chi connectivity index (χ3n) is 4.37. The summed E-state index contributed by atoms with van der Waals surface area (Å²) in [6.07, 6.45) is 3.92. The lowest BCUT2D eigenvalue weighted by atomic mass is 10.1. The number of hydrogen-bond donors (Lipinski definition) is 2. The van der Waals surface area contributed by atoms with Crippen LogP contribution < -0.4 is 15.4 Å². The fourth-order valence-electron chi connectivity index (χ4n) is 2.78. The first-order valence-electron chi connectivity index (χ1n) is 9.25. The molecular formula is C20H31N5OS. The molecule has 27 heavy (non-hydrogen) atoms. The smallest absolute Gasteiger partial charge is 0.191 e. The summed E-state index contributed by atoms with van der Waals surface area (Å²) in [4.78, 5) is 12.3. The highest BCUT2D eigenvalue weighted by Crippen LogP contribution is 2.22. The fourth-order valence-corrected chi connectivity index (χ4v) is 3.64. The van der Waals surface area contributed by atoms with Crippen LogP contribution in [0.15, 0.2) is 35.5 Å². The maximum Gasteiger partial charge on any atom is 0.191 e. The van der Waals surface area contributed by atoms with Gasteiger partial charge in [-0.15, -0.1) is 11.3 Å². The second-order valence-electron chi connectivity index (χ2n) is 6.46. The monoisotopic (exact) mass is 389 g/mol. The average molecular weight is 390 g/mol. The van der Waals surface area contributed by atoms with Gasteiger partial charge in [0.15, 0.2) is 5.96 Å². The minimum absolute atomic E-state index is 0.213. The van der Waals surface area contributed by atoms with Gasteiger partial charge in [-0.25, -0.2) is 4.98 Å². The van der Waals surface area contributed by atoms with Crippen molar-refractivity contribution in [2.45, 2.75) is 25.8 Å². The Hall–Kier alpha value is -2.12. The van der Waals surface area contributed by atoms with Gasteiger partial charge in [-0.2, -0.15) is 0 Å². The molecule has 7 heteroatoms. The number of likely N-dealkylation sites (N-methyl/N-ethyl adjacent to an activating group) is 1. The van der Waals surface area contributed by atoms with E-state index in [-0.39, 0.29) is 6.04 Å². The number of aryl methyl sites for hydroxylation is 1. The quantitative estimate of drug-likeness (QED) is 0.510. The van der Waals surface area contributed by atoms with Gasteiger partial charge in [0.25, 0.3) is 0 Å². The molecule has 0 spiro atoms. The molecule has 1 aromatic heterocycles. The molecule has 148 valence electrons. The SMILES string of the molecule is CCc1cnc(CCNC(=NC)NCC(c2cccc(OC)c2)N(C)C)s1. The molecule has 0 aliphatic heterocycles. The summed E-state index contributed by atoms with van der Waals surface area (Å²) in [6.45, 7) is 3.71. The van der Waals surface area contributed by atoms with Crippen LogP contribution in [-0.2, 0) is 12.8 Å². The molecular weight excluding hydrogens is 358 g/mol. The number of thiazole rings is 1. The van der Waals surface area contributed by atoms with E-state index in [1.807, 2.05) is 18.3 Å². The third-order valence-corrected chi connectivity index (χ3v) is 5.57. The number of ether oxygens (including phenoxy) is 1. The van der Waals surface area contributed by atoms with Crippen LogP contribution in [0.2, 0.25) is 0 Å². The summed E-state index contributed by atoms with van der Waals surface area (Å²) in [5.41, 5.74) is 1.21. The second kappa shape index (κ2) is 10.9. The zero-order valence-corrected chi connectivity index (χ0v) is 17.8. The Kier molecular flexibility index (Phi) is 8.54. The van der Waals surface area contributed by atoms with Gasteiger partial charge in [-0.05, 0) is 38.2 Å². The van der Waals surface area contributed by atoms with E-state index in [4.69, 9.17) is 4.74 Å². The molecule has 0 saturated carbocycles. The lowest BCUT2D eigenvalue weighted by Crippen LogP contribution is -2.42. The minimum Gasteiger partial charge on any atom is -0.497 e. The largest absolute Gasteiger partial charge is 0.497 e. The lowest BCUT2D eigenvalue weighted by molar-refractivity contribution is 0.297. The van der Waals surface area contributed by atoms with E-state index >= 15 is 0 Å². The van der Waals surface area contributed by atoms with Crippen molar-refractivity contribution in [3.05, 3.63) is 45.9 Å². The van der Waals surface area contributed by atoms with Gasteiger partial charge in [0.05, 0.1) is 18.2 Å². The van der Waals surface area contributed by atoms with Crippen LogP contribution in [0.5, 0.6) is 5.75 Å². The number of rotatable bonds is 9. The first kappa shape index (κ1) is 21.2. The van der Waals surface area contributed by atoms with Crippen molar-refractivity contribution < 1.29 is 4.74 Å².